The number of para-hydroxylation sites is 1. The normalized spacial score (nSPS) is 13.2. The molecule has 2 aliphatic carbocycles. The summed E-state index contributed by atoms with van der Waals surface area (Å²) in [6.07, 6.45) is 0. The molecule has 8 nitrogen and oxygen atoms in total. The monoisotopic (exact) mass is 1180 g/mol. The van der Waals surface area contributed by atoms with Crippen molar-refractivity contribution in [2.24, 2.45) is 0 Å². The zero-order chi connectivity index (χ0) is 61.7. The zero-order valence-corrected chi connectivity index (χ0v) is 51.1. The highest BCUT2D eigenvalue weighted by molar-refractivity contribution is 6.12. The van der Waals surface area contributed by atoms with Crippen molar-refractivity contribution in [2.45, 2.75) is 38.5 Å². The summed E-state index contributed by atoms with van der Waals surface area (Å²) >= 11 is 0. The highest BCUT2D eigenvalue weighted by atomic mass is 16.3. The molecule has 12 aromatic carbocycles. The molecule has 0 N–H and O–H groups in total. The first-order valence-electron chi connectivity index (χ1n) is 31.2. The second-order valence-corrected chi connectivity index (χ2v) is 25.0. The minimum atomic E-state index is -0.0720. The molecule has 0 bridgehead atoms. The number of aromatic nitrogens is 6. The number of hydrogen-bond donors (Lipinski definition) is 0. The Morgan fingerprint density at radius 2 is 0.576 bits per heavy atom. The maximum atomic E-state index is 6.70. The standard InChI is InChI=1S/2C42H29N3O/c1-42(2)35-22-10-9-19-31(35)33-25-37-34(24-36(33)42)32-21-12-20-30(38(32)46-37)28-17-11-18-29(23-28)41-44-39(26-13-5-3-6-14-26)43-40(45-41)27-15-7-4-8-16-27;1-42(2)35-16-10-9-15-31(35)32-25-38-34(24-36(32)42)33-23-30(21-22-37(33)46-38)26-17-19-29(20-18-26)41-44-39(27-11-5-3-6-12-27)43-40(45-41)28-13-7-4-8-14-28/h2*3-25H,1-2H3. The lowest BCUT2D eigenvalue weighted by atomic mass is 9.82. The molecule has 0 saturated heterocycles. The molecule has 2 aliphatic rings. The minimum Gasteiger partial charge on any atom is -0.456 e. The van der Waals surface area contributed by atoms with Crippen LogP contribution in [0.2, 0.25) is 0 Å². The van der Waals surface area contributed by atoms with Crippen LogP contribution in [0.25, 0.3) is 157 Å². The van der Waals surface area contributed by atoms with Crippen LogP contribution >= 0.6 is 0 Å². The van der Waals surface area contributed by atoms with Crippen LogP contribution in [0.5, 0.6) is 0 Å². The van der Waals surface area contributed by atoms with E-state index in [1.807, 2.05) is 121 Å². The molecule has 16 aromatic rings. The summed E-state index contributed by atoms with van der Waals surface area (Å²) in [6.45, 7) is 9.26. The summed E-state index contributed by atoms with van der Waals surface area (Å²) in [5.74, 6) is 3.88. The van der Waals surface area contributed by atoms with Gasteiger partial charge in [0.15, 0.2) is 34.9 Å². The summed E-state index contributed by atoms with van der Waals surface area (Å²) in [6, 6.07) is 96.7. The van der Waals surface area contributed by atoms with E-state index in [4.69, 9.17) is 38.7 Å². The average Bonchev–Trinajstić information content (AvgIpc) is 1.57. The van der Waals surface area contributed by atoms with Gasteiger partial charge in [-0.05, 0) is 104 Å². The minimum absolute atomic E-state index is 0.0626. The molecule has 0 fully saturated rings. The molecule has 92 heavy (non-hydrogen) atoms. The first-order chi connectivity index (χ1) is 45.1. The fourth-order valence-corrected chi connectivity index (χ4v) is 13.9. The van der Waals surface area contributed by atoms with Gasteiger partial charge in [0.25, 0.3) is 0 Å². The molecule has 4 aromatic heterocycles. The number of benzene rings is 12. The Bertz CT molecular complexity index is 5450. The van der Waals surface area contributed by atoms with E-state index in [2.05, 4.69) is 185 Å². The number of rotatable bonds is 8. The number of nitrogens with zero attached hydrogens (tertiary/aromatic N) is 6. The van der Waals surface area contributed by atoms with Gasteiger partial charge in [0.1, 0.15) is 22.3 Å². The van der Waals surface area contributed by atoms with Gasteiger partial charge in [0, 0.05) is 71.3 Å². The van der Waals surface area contributed by atoms with Crippen molar-refractivity contribution in [2.75, 3.05) is 0 Å². The number of fused-ring (bicyclic) bond motifs is 12. The van der Waals surface area contributed by atoms with Crippen molar-refractivity contribution >= 4 is 43.9 Å². The lowest BCUT2D eigenvalue weighted by Crippen LogP contribution is -2.14. The predicted octanol–water partition coefficient (Wildman–Crippen LogP) is 21.5. The van der Waals surface area contributed by atoms with Gasteiger partial charge in [0.05, 0.1) is 0 Å². The highest BCUT2D eigenvalue weighted by Crippen LogP contribution is 2.53. The molecule has 436 valence electrons. The van der Waals surface area contributed by atoms with Crippen LogP contribution in [0.4, 0.5) is 0 Å². The van der Waals surface area contributed by atoms with Crippen molar-refractivity contribution in [3.8, 4) is 113 Å². The molecular formula is C84H58N6O2. The fourth-order valence-electron chi connectivity index (χ4n) is 13.9. The topological polar surface area (TPSA) is 104 Å². The molecule has 0 aliphatic heterocycles. The van der Waals surface area contributed by atoms with E-state index in [9.17, 15) is 0 Å². The third-order valence-electron chi connectivity index (χ3n) is 18.7. The smallest absolute Gasteiger partial charge is 0.164 e. The summed E-state index contributed by atoms with van der Waals surface area (Å²) in [4.78, 5) is 29.4. The molecule has 0 saturated carbocycles. The van der Waals surface area contributed by atoms with Gasteiger partial charge in [-0.3, -0.25) is 0 Å². The van der Waals surface area contributed by atoms with Crippen LogP contribution < -0.4 is 0 Å². The lowest BCUT2D eigenvalue weighted by molar-refractivity contribution is 0.657. The first kappa shape index (κ1) is 54.4. The molecular weight excluding hydrogens is 1120 g/mol. The maximum absolute atomic E-state index is 6.70. The summed E-state index contributed by atoms with van der Waals surface area (Å²) in [5, 5.41) is 4.54. The molecule has 4 heterocycles. The number of hydrogen-bond acceptors (Lipinski definition) is 8. The van der Waals surface area contributed by atoms with Crippen LogP contribution in [0.1, 0.15) is 49.9 Å². The Labute approximate surface area is 532 Å². The van der Waals surface area contributed by atoms with E-state index in [1.165, 1.54) is 44.5 Å². The fraction of sp³-hybridized carbons (Fsp3) is 0.0714. The van der Waals surface area contributed by atoms with Gasteiger partial charge < -0.3 is 8.83 Å². The summed E-state index contributed by atoms with van der Waals surface area (Å²) in [5.41, 5.74) is 24.0. The first-order valence-corrected chi connectivity index (χ1v) is 31.2. The molecule has 8 heteroatoms. The van der Waals surface area contributed by atoms with Crippen LogP contribution in [-0.4, -0.2) is 29.9 Å². The predicted molar refractivity (Wildman–Crippen MR) is 373 cm³/mol. The van der Waals surface area contributed by atoms with E-state index < -0.39 is 0 Å². The van der Waals surface area contributed by atoms with Gasteiger partial charge >= 0.3 is 0 Å². The molecule has 18 rings (SSSR count). The Hall–Kier alpha value is -11.7. The SMILES string of the molecule is CC1(C)c2ccccc2-c2cc3oc4c(-c5cccc(-c6nc(-c7ccccc7)nc(-c7ccccc7)n6)c5)cccc4c3cc21.CC1(C)c2ccccc2-c2cc3oc4ccc(-c5ccc(-c6nc(-c7ccccc7)nc(-c7ccccc7)n6)cc5)cc4c3cc21. The highest BCUT2D eigenvalue weighted by Gasteiger charge is 2.37. The maximum Gasteiger partial charge on any atom is 0.164 e. The van der Waals surface area contributed by atoms with E-state index in [-0.39, 0.29) is 10.8 Å². The second kappa shape index (κ2) is 21.5. The van der Waals surface area contributed by atoms with E-state index in [0.717, 1.165) is 99.5 Å². The largest absolute Gasteiger partial charge is 0.456 e. The number of furan rings is 2. The Morgan fingerprint density at radius 3 is 1.08 bits per heavy atom. The lowest BCUT2D eigenvalue weighted by Gasteiger charge is -2.21. The van der Waals surface area contributed by atoms with Crippen molar-refractivity contribution < 1.29 is 8.83 Å². The molecule has 0 spiro atoms. The van der Waals surface area contributed by atoms with Crippen LogP contribution in [-0.2, 0) is 10.8 Å². The van der Waals surface area contributed by atoms with E-state index >= 15 is 0 Å². The summed E-state index contributed by atoms with van der Waals surface area (Å²) in [7, 11) is 0. The van der Waals surface area contributed by atoms with E-state index in [1.54, 1.807) is 0 Å². The van der Waals surface area contributed by atoms with E-state index in [0.29, 0.717) is 34.9 Å². The second-order valence-electron chi connectivity index (χ2n) is 25.0. The average molecular weight is 1180 g/mol. The van der Waals surface area contributed by atoms with Crippen molar-refractivity contribution in [3.05, 3.63) is 301 Å². The Morgan fingerprint density at radius 1 is 0.217 bits per heavy atom. The van der Waals surface area contributed by atoms with Gasteiger partial charge in [-0.2, -0.15) is 0 Å². The molecule has 0 amide bonds. The Kier molecular flexibility index (Phi) is 12.7. The Balaban J connectivity index is 0.000000141. The third kappa shape index (κ3) is 9.21. The zero-order valence-electron chi connectivity index (χ0n) is 51.1. The molecule has 0 radical (unpaired) electrons. The third-order valence-corrected chi connectivity index (χ3v) is 18.7. The molecule has 0 unspecified atom stereocenters. The quantitative estimate of drug-likeness (QED) is 0.148. The van der Waals surface area contributed by atoms with Gasteiger partial charge in [-0.15, -0.1) is 0 Å². The summed E-state index contributed by atoms with van der Waals surface area (Å²) < 4.78 is 13.1. The van der Waals surface area contributed by atoms with Crippen molar-refractivity contribution in [3.63, 3.8) is 0 Å². The van der Waals surface area contributed by atoms with Gasteiger partial charge in [-0.25, -0.2) is 29.9 Å². The van der Waals surface area contributed by atoms with Gasteiger partial charge in [0.2, 0.25) is 0 Å². The van der Waals surface area contributed by atoms with Crippen molar-refractivity contribution in [1.29, 1.82) is 0 Å². The molecule has 0 atom stereocenters. The van der Waals surface area contributed by atoms with Crippen LogP contribution in [0, 0.1) is 0 Å². The van der Waals surface area contributed by atoms with Crippen LogP contribution in [0.15, 0.2) is 288 Å². The van der Waals surface area contributed by atoms with Crippen LogP contribution in [0.3, 0.4) is 0 Å². The van der Waals surface area contributed by atoms with Crippen molar-refractivity contribution in [1.82, 2.24) is 29.9 Å². The van der Waals surface area contributed by atoms with Gasteiger partial charge in [-0.1, -0.05) is 264 Å².